The van der Waals surface area contributed by atoms with Gasteiger partial charge in [0.25, 0.3) is 0 Å². The van der Waals surface area contributed by atoms with Crippen LogP contribution in [-0.4, -0.2) is 51.0 Å². The monoisotopic (exact) mass is 505 g/mol. The van der Waals surface area contributed by atoms with E-state index in [4.69, 9.17) is 34.8 Å². The van der Waals surface area contributed by atoms with E-state index in [2.05, 4.69) is 5.32 Å². The summed E-state index contributed by atoms with van der Waals surface area (Å²) >= 11 is 18.0. The lowest BCUT2D eigenvalue weighted by Crippen LogP contribution is -2.50. The van der Waals surface area contributed by atoms with Gasteiger partial charge in [-0.25, -0.2) is 8.42 Å². The first-order valence-corrected chi connectivity index (χ1v) is 12.1. The molecule has 0 heterocycles. The average Bonchev–Trinajstić information content (AvgIpc) is 2.70. The molecule has 0 spiro atoms. The van der Waals surface area contributed by atoms with Crippen LogP contribution in [0.5, 0.6) is 0 Å². The van der Waals surface area contributed by atoms with Gasteiger partial charge in [0, 0.05) is 23.6 Å². The Morgan fingerprint density at radius 3 is 2.13 bits per heavy atom. The number of carbonyl (C=O) groups excluding carboxylic acids is 2. The van der Waals surface area contributed by atoms with Gasteiger partial charge in [0.15, 0.2) is 0 Å². The SMILES string of the molecule is CNC(=O)C(C)N(Cc1ccc(Cl)cc1)C(=O)CN(c1ccc(Cl)cc1Cl)S(C)(=O)=O. The summed E-state index contributed by atoms with van der Waals surface area (Å²) in [5.41, 5.74) is 0.838. The largest absolute Gasteiger partial charge is 0.357 e. The van der Waals surface area contributed by atoms with Crippen molar-refractivity contribution in [3.8, 4) is 0 Å². The van der Waals surface area contributed by atoms with E-state index in [1.165, 1.54) is 30.1 Å². The van der Waals surface area contributed by atoms with Gasteiger partial charge in [-0.2, -0.15) is 0 Å². The molecule has 0 aromatic heterocycles. The number of rotatable bonds is 8. The van der Waals surface area contributed by atoms with Crippen molar-refractivity contribution < 1.29 is 18.0 Å². The van der Waals surface area contributed by atoms with Crippen LogP contribution in [0, 0.1) is 0 Å². The van der Waals surface area contributed by atoms with Crippen LogP contribution in [0.2, 0.25) is 15.1 Å². The van der Waals surface area contributed by atoms with E-state index in [0.717, 1.165) is 16.1 Å². The fourth-order valence-corrected chi connectivity index (χ4v) is 4.40. The van der Waals surface area contributed by atoms with Crippen molar-refractivity contribution in [3.05, 3.63) is 63.1 Å². The number of nitrogens with zero attached hydrogens (tertiary/aromatic N) is 2. The number of likely N-dealkylation sites (N-methyl/N-ethyl adjacent to an activating group) is 1. The number of anilines is 1. The van der Waals surface area contributed by atoms with Gasteiger partial charge in [0.1, 0.15) is 12.6 Å². The fraction of sp³-hybridized carbons (Fsp3) is 0.300. The summed E-state index contributed by atoms with van der Waals surface area (Å²) in [5.74, 6) is -0.972. The van der Waals surface area contributed by atoms with Gasteiger partial charge in [-0.05, 0) is 42.8 Å². The van der Waals surface area contributed by atoms with Crippen molar-refractivity contribution in [2.24, 2.45) is 0 Å². The van der Waals surface area contributed by atoms with Crippen LogP contribution in [-0.2, 0) is 26.2 Å². The van der Waals surface area contributed by atoms with Crippen LogP contribution in [0.4, 0.5) is 5.69 Å². The molecule has 7 nitrogen and oxygen atoms in total. The minimum Gasteiger partial charge on any atom is -0.357 e. The Hall–Kier alpha value is -2.00. The van der Waals surface area contributed by atoms with E-state index < -0.39 is 34.4 Å². The number of sulfonamides is 1. The van der Waals surface area contributed by atoms with Crippen molar-refractivity contribution in [2.45, 2.75) is 19.5 Å². The van der Waals surface area contributed by atoms with Gasteiger partial charge in [-0.1, -0.05) is 46.9 Å². The number of hydrogen-bond donors (Lipinski definition) is 1. The van der Waals surface area contributed by atoms with Crippen LogP contribution in [0.1, 0.15) is 12.5 Å². The lowest BCUT2D eigenvalue weighted by atomic mass is 10.1. The Balaban J connectivity index is 2.40. The minimum absolute atomic E-state index is 0.0781. The summed E-state index contributed by atoms with van der Waals surface area (Å²) in [6.07, 6.45) is 0.969. The Morgan fingerprint density at radius 2 is 1.61 bits per heavy atom. The fourth-order valence-electron chi connectivity index (χ4n) is 2.86. The first-order chi connectivity index (χ1) is 14.4. The molecular formula is C20H22Cl3N3O4S. The van der Waals surface area contributed by atoms with Crippen LogP contribution in [0.25, 0.3) is 0 Å². The molecule has 2 aromatic carbocycles. The summed E-state index contributed by atoms with van der Waals surface area (Å²) in [5, 5.41) is 3.44. The van der Waals surface area contributed by atoms with Crippen molar-refractivity contribution in [2.75, 3.05) is 24.2 Å². The third-order valence-electron chi connectivity index (χ3n) is 4.54. The number of carbonyl (C=O) groups is 2. The molecule has 2 rings (SSSR count). The lowest BCUT2D eigenvalue weighted by molar-refractivity contribution is -0.139. The lowest BCUT2D eigenvalue weighted by Gasteiger charge is -2.31. The summed E-state index contributed by atoms with van der Waals surface area (Å²) in [6, 6.07) is 10.2. The maximum Gasteiger partial charge on any atom is 0.244 e. The molecule has 1 atom stereocenters. The van der Waals surface area contributed by atoms with Gasteiger partial charge >= 0.3 is 0 Å². The highest BCUT2D eigenvalue weighted by molar-refractivity contribution is 7.92. The first kappa shape index (κ1) is 25.3. The zero-order valence-corrected chi connectivity index (χ0v) is 20.2. The maximum atomic E-state index is 13.2. The zero-order valence-electron chi connectivity index (χ0n) is 17.1. The second-order valence-electron chi connectivity index (χ2n) is 6.80. The molecule has 0 fully saturated rings. The zero-order chi connectivity index (χ0) is 23.3. The molecule has 1 N–H and O–H groups in total. The summed E-state index contributed by atoms with van der Waals surface area (Å²) < 4.78 is 25.8. The first-order valence-electron chi connectivity index (χ1n) is 9.12. The molecule has 0 aliphatic heterocycles. The van der Waals surface area contributed by atoms with Crippen LogP contribution in [0.15, 0.2) is 42.5 Å². The Labute approximate surface area is 196 Å². The van der Waals surface area contributed by atoms with Gasteiger partial charge in [0.05, 0.1) is 17.0 Å². The normalized spacial score (nSPS) is 12.2. The third kappa shape index (κ3) is 6.74. The highest BCUT2D eigenvalue weighted by Crippen LogP contribution is 2.30. The summed E-state index contributed by atoms with van der Waals surface area (Å²) in [4.78, 5) is 26.8. The van der Waals surface area contributed by atoms with Crippen LogP contribution < -0.4 is 9.62 Å². The molecule has 168 valence electrons. The second-order valence-corrected chi connectivity index (χ2v) is 9.99. The number of nitrogens with one attached hydrogen (secondary N) is 1. The molecule has 2 amide bonds. The van der Waals surface area contributed by atoms with E-state index >= 15 is 0 Å². The Bertz CT molecular complexity index is 1060. The van der Waals surface area contributed by atoms with E-state index in [0.29, 0.717) is 10.0 Å². The number of amides is 2. The maximum absolute atomic E-state index is 13.2. The smallest absolute Gasteiger partial charge is 0.244 e. The van der Waals surface area contributed by atoms with E-state index in [1.54, 1.807) is 31.2 Å². The standard InChI is InChI=1S/C20H22Cl3N3O4S/c1-13(20(28)24-2)25(11-14-4-6-15(21)7-5-14)19(27)12-26(31(3,29)30)18-9-8-16(22)10-17(18)23/h4-10,13H,11-12H2,1-3H3,(H,24,28). The summed E-state index contributed by atoms with van der Waals surface area (Å²) in [6.45, 7) is 1.10. The van der Waals surface area contributed by atoms with Crippen LogP contribution in [0.3, 0.4) is 0 Å². The van der Waals surface area contributed by atoms with Gasteiger partial charge in [0.2, 0.25) is 21.8 Å². The van der Waals surface area contributed by atoms with E-state index in [-0.39, 0.29) is 17.3 Å². The Morgan fingerprint density at radius 1 is 1.03 bits per heavy atom. The minimum atomic E-state index is -3.87. The van der Waals surface area contributed by atoms with Gasteiger partial charge < -0.3 is 10.2 Å². The molecule has 0 bridgehead atoms. The average molecular weight is 507 g/mol. The van der Waals surface area contributed by atoms with Crippen molar-refractivity contribution >= 4 is 62.3 Å². The highest BCUT2D eigenvalue weighted by atomic mass is 35.5. The summed E-state index contributed by atoms with van der Waals surface area (Å²) in [7, 11) is -2.41. The molecule has 11 heteroatoms. The molecule has 0 aliphatic carbocycles. The highest BCUT2D eigenvalue weighted by Gasteiger charge is 2.30. The number of hydrogen-bond acceptors (Lipinski definition) is 4. The number of benzene rings is 2. The quantitative estimate of drug-likeness (QED) is 0.593. The predicted octanol–water partition coefficient (Wildman–Crippen LogP) is 3.58. The van der Waals surface area contributed by atoms with E-state index in [9.17, 15) is 18.0 Å². The second kappa shape index (κ2) is 10.5. The molecule has 31 heavy (non-hydrogen) atoms. The number of halogens is 3. The van der Waals surface area contributed by atoms with Crippen molar-refractivity contribution in [1.82, 2.24) is 10.2 Å². The van der Waals surface area contributed by atoms with Gasteiger partial charge in [-0.3, -0.25) is 13.9 Å². The van der Waals surface area contributed by atoms with Crippen molar-refractivity contribution in [3.63, 3.8) is 0 Å². The molecule has 2 aromatic rings. The van der Waals surface area contributed by atoms with E-state index in [1.807, 2.05) is 0 Å². The molecule has 0 radical (unpaired) electrons. The molecule has 0 aliphatic rings. The molecule has 1 unspecified atom stereocenters. The van der Waals surface area contributed by atoms with Crippen LogP contribution >= 0.6 is 34.8 Å². The molecular weight excluding hydrogens is 485 g/mol. The molecule has 0 saturated carbocycles. The molecule has 0 saturated heterocycles. The predicted molar refractivity (Wildman–Crippen MR) is 124 cm³/mol. The third-order valence-corrected chi connectivity index (χ3v) is 6.45. The van der Waals surface area contributed by atoms with Crippen molar-refractivity contribution in [1.29, 1.82) is 0 Å². The Kier molecular flexibility index (Phi) is 8.59. The topological polar surface area (TPSA) is 86.8 Å². The van der Waals surface area contributed by atoms with Gasteiger partial charge in [-0.15, -0.1) is 0 Å².